The summed E-state index contributed by atoms with van der Waals surface area (Å²) in [4.78, 5) is 12.1. The van der Waals surface area contributed by atoms with Gasteiger partial charge in [-0.05, 0) is 39.4 Å². The monoisotopic (exact) mass is 188 g/mol. The van der Waals surface area contributed by atoms with Crippen molar-refractivity contribution < 1.29 is 9.90 Å². The average Bonchev–Trinajstić information content (AvgIpc) is 2.56. The third kappa shape index (κ3) is 6.54. The molecule has 0 unspecified atom stereocenters. The largest absolute Gasteiger partial charge is 0.480 e. The zero-order chi connectivity index (χ0) is 10.3. The molecule has 0 aromatic heterocycles. The lowest BCUT2D eigenvalue weighted by Crippen LogP contribution is -2.25. The standard InChI is InChI=1S/C6H13N.C3H7NO2/c1-2-7-5-3-4-6-7;1-2(4)3(5)6/h2-6H2,1H3;2H,4H2,1H3,(H,5,6)/t;2-/m.0/s1. The summed E-state index contributed by atoms with van der Waals surface area (Å²) in [7, 11) is 0. The van der Waals surface area contributed by atoms with Gasteiger partial charge in [-0.3, -0.25) is 4.79 Å². The van der Waals surface area contributed by atoms with Gasteiger partial charge >= 0.3 is 5.97 Å². The minimum absolute atomic E-state index is 0.731. The van der Waals surface area contributed by atoms with Crippen LogP contribution >= 0.6 is 0 Å². The van der Waals surface area contributed by atoms with Gasteiger partial charge in [0.15, 0.2) is 0 Å². The molecule has 4 heteroatoms. The van der Waals surface area contributed by atoms with E-state index in [-0.39, 0.29) is 0 Å². The molecule has 1 aliphatic heterocycles. The van der Waals surface area contributed by atoms with Crippen LogP contribution < -0.4 is 5.73 Å². The van der Waals surface area contributed by atoms with Gasteiger partial charge in [-0.1, -0.05) is 6.92 Å². The molecule has 78 valence electrons. The van der Waals surface area contributed by atoms with E-state index >= 15 is 0 Å². The van der Waals surface area contributed by atoms with Crippen molar-refractivity contribution in [1.82, 2.24) is 4.90 Å². The summed E-state index contributed by atoms with van der Waals surface area (Å²) in [6, 6.07) is -0.731. The fraction of sp³-hybridized carbons (Fsp3) is 0.889. The number of nitrogens with zero attached hydrogens (tertiary/aromatic N) is 1. The second-order valence-electron chi connectivity index (χ2n) is 3.27. The Kier molecular flexibility index (Phi) is 6.54. The normalized spacial score (nSPS) is 19.0. The van der Waals surface area contributed by atoms with Crippen LogP contribution in [0.25, 0.3) is 0 Å². The van der Waals surface area contributed by atoms with Crippen LogP contribution in [-0.2, 0) is 4.79 Å². The summed E-state index contributed by atoms with van der Waals surface area (Å²) < 4.78 is 0. The maximum atomic E-state index is 9.57. The number of hydrogen-bond acceptors (Lipinski definition) is 3. The lowest BCUT2D eigenvalue weighted by Gasteiger charge is -2.08. The third-order valence-corrected chi connectivity index (χ3v) is 2.04. The van der Waals surface area contributed by atoms with Crippen molar-refractivity contribution in [2.24, 2.45) is 5.73 Å². The van der Waals surface area contributed by atoms with E-state index in [1.807, 2.05) is 0 Å². The van der Waals surface area contributed by atoms with E-state index in [0.29, 0.717) is 0 Å². The Morgan fingerprint density at radius 2 is 1.92 bits per heavy atom. The number of likely N-dealkylation sites (tertiary alicyclic amines) is 1. The highest BCUT2D eigenvalue weighted by molar-refractivity contribution is 5.72. The van der Waals surface area contributed by atoms with E-state index in [0.717, 1.165) is 0 Å². The van der Waals surface area contributed by atoms with E-state index in [1.165, 1.54) is 39.4 Å². The Bertz CT molecular complexity index is 143. The molecule has 1 saturated heterocycles. The minimum atomic E-state index is -0.963. The van der Waals surface area contributed by atoms with E-state index in [2.05, 4.69) is 11.8 Å². The lowest BCUT2D eigenvalue weighted by atomic mass is 10.4. The van der Waals surface area contributed by atoms with Gasteiger partial charge in [-0.15, -0.1) is 0 Å². The number of aliphatic carboxylic acids is 1. The molecule has 13 heavy (non-hydrogen) atoms. The van der Waals surface area contributed by atoms with Crippen molar-refractivity contribution in [3.63, 3.8) is 0 Å². The van der Waals surface area contributed by atoms with Crippen LogP contribution in [0, 0.1) is 0 Å². The Hall–Kier alpha value is -0.610. The Balaban J connectivity index is 0.000000226. The van der Waals surface area contributed by atoms with E-state index in [1.54, 1.807) is 0 Å². The van der Waals surface area contributed by atoms with Crippen LogP contribution in [0.1, 0.15) is 26.7 Å². The van der Waals surface area contributed by atoms with Crippen LogP contribution in [0.15, 0.2) is 0 Å². The number of carboxylic acids is 1. The van der Waals surface area contributed by atoms with Gasteiger partial charge in [0.25, 0.3) is 0 Å². The quantitative estimate of drug-likeness (QED) is 0.663. The molecule has 0 aromatic rings. The minimum Gasteiger partial charge on any atom is -0.480 e. The van der Waals surface area contributed by atoms with E-state index < -0.39 is 12.0 Å². The smallest absolute Gasteiger partial charge is 0.320 e. The average molecular weight is 188 g/mol. The third-order valence-electron chi connectivity index (χ3n) is 2.04. The van der Waals surface area contributed by atoms with E-state index in [9.17, 15) is 4.79 Å². The zero-order valence-electron chi connectivity index (χ0n) is 8.49. The zero-order valence-corrected chi connectivity index (χ0v) is 8.49. The maximum absolute atomic E-state index is 9.57. The van der Waals surface area contributed by atoms with Crippen molar-refractivity contribution in [3.8, 4) is 0 Å². The summed E-state index contributed by atoms with van der Waals surface area (Å²) in [5, 5.41) is 7.87. The molecular weight excluding hydrogens is 168 g/mol. The van der Waals surface area contributed by atoms with Crippen LogP contribution in [-0.4, -0.2) is 41.7 Å². The van der Waals surface area contributed by atoms with Gasteiger partial charge < -0.3 is 15.7 Å². The molecule has 0 amide bonds. The van der Waals surface area contributed by atoms with Gasteiger partial charge in [0.05, 0.1) is 0 Å². The first-order chi connectivity index (χ1) is 6.07. The second kappa shape index (κ2) is 6.86. The summed E-state index contributed by atoms with van der Waals surface area (Å²) in [5.41, 5.74) is 4.84. The molecule has 1 heterocycles. The summed E-state index contributed by atoms with van der Waals surface area (Å²) >= 11 is 0. The number of carbonyl (C=O) groups is 1. The van der Waals surface area contributed by atoms with Crippen molar-refractivity contribution in [2.75, 3.05) is 19.6 Å². The molecule has 1 aliphatic rings. The molecule has 0 radical (unpaired) electrons. The molecule has 0 bridgehead atoms. The van der Waals surface area contributed by atoms with Crippen molar-refractivity contribution >= 4 is 5.97 Å². The lowest BCUT2D eigenvalue weighted by molar-refractivity contribution is -0.138. The molecule has 3 N–H and O–H groups in total. The Labute approximate surface area is 79.7 Å². The van der Waals surface area contributed by atoms with Crippen LogP contribution in [0.2, 0.25) is 0 Å². The van der Waals surface area contributed by atoms with Gasteiger partial charge in [-0.25, -0.2) is 0 Å². The SMILES string of the molecule is CCN1CCCC1.C[C@H](N)C(=O)O. The Morgan fingerprint density at radius 3 is 2.08 bits per heavy atom. The predicted octanol–water partition coefficient (Wildman–Crippen LogP) is 0.520. The molecule has 4 nitrogen and oxygen atoms in total. The van der Waals surface area contributed by atoms with E-state index in [4.69, 9.17) is 10.8 Å². The summed E-state index contributed by atoms with van der Waals surface area (Å²) in [6.45, 7) is 7.58. The molecule has 1 fully saturated rings. The van der Waals surface area contributed by atoms with Crippen LogP contribution in [0.3, 0.4) is 0 Å². The molecule has 0 saturated carbocycles. The first-order valence-corrected chi connectivity index (χ1v) is 4.78. The Morgan fingerprint density at radius 1 is 1.54 bits per heavy atom. The molecular formula is C9H20N2O2. The fourth-order valence-electron chi connectivity index (χ4n) is 1.10. The highest BCUT2D eigenvalue weighted by Gasteiger charge is 2.06. The van der Waals surface area contributed by atoms with Gasteiger partial charge in [0, 0.05) is 0 Å². The van der Waals surface area contributed by atoms with Crippen LogP contribution in [0.5, 0.6) is 0 Å². The van der Waals surface area contributed by atoms with Gasteiger partial charge in [0.2, 0.25) is 0 Å². The van der Waals surface area contributed by atoms with Crippen LogP contribution in [0.4, 0.5) is 0 Å². The number of rotatable bonds is 2. The topological polar surface area (TPSA) is 66.6 Å². The highest BCUT2D eigenvalue weighted by atomic mass is 16.4. The van der Waals surface area contributed by atoms with Gasteiger partial charge in [0.1, 0.15) is 6.04 Å². The first kappa shape index (κ1) is 12.4. The molecule has 0 spiro atoms. The summed E-state index contributed by atoms with van der Waals surface area (Å²) in [5.74, 6) is -0.963. The number of carboxylic acid groups (broad SMARTS) is 1. The molecule has 0 aromatic carbocycles. The molecule has 1 rings (SSSR count). The van der Waals surface area contributed by atoms with Crippen molar-refractivity contribution in [2.45, 2.75) is 32.7 Å². The summed E-state index contributed by atoms with van der Waals surface area (Å²) in [6.07, 6.45) is 2.85. The second-order valence-corrected chi connectivity index (χ2v) is 3.27. The first-order valence-electron chi connectivity index (χ1n) is 4.78. The van der Waals surface area contributed by atoms with Crippen molar-refractivity contribution in [1.29, 1.82) is 0 Å². The van der Waals surface area contributed by atoms with Crippen molar-refractivity contribution in [3.05, 3.63) is 0 Å². The molecule has 1 atom stereocenters. The maximum Gasteiger partial charge on any atom is 0.320 e. The van der Waals surface area contributed by atoms with Gasteiger partial charge in [-0.2, -0.15) is 0 Å². The predicted molar refractivity (Wildman–Crippen MR) is 52.6 cm³/mol. The number of nitrogens with two attached hydrogens (primary N) is 1. The fourth-order valence-corrected chi connectivity index (χ4v) is 1.10. The number of hydrogen-bond donors (Lipinski definition) is 2. The molecule has 0 aliphatic carbocycles. The highest BCUT2D eigenvalue weighted by Crippen LogP contribution is 2.04.